The quantitative estimate of drug-likeness (QED) is 0.856. The molecule has 0 aromatic heterocycles. The number of rotatable bonds is 4. The maximum Gasteiger partial charge on any atom is 0.263 e. The molecule has 0 spiro atoms. The van der Waals surface area contributed by atoms with Crippen LogP contribution in [0.15, 0.2) is 48.5 Å². The molecule has 3 rings (SSSR count). The molecule has 132 valence electrons. The van der Waals surface area contributed by atoms with Gasteiger partial charge in [0.2, 0.25) is 0 Å². The van der Waals surface area contributed by atoms with Crippen LogP contribution in [0.3, 0.4) is 0 Å². The minimum Gasteiger partial charge on any atom is -0.481 e. The Labute approximate surface area is 150 Å². The number of para-hydroxylation sites is 1. The molecule has 1 aliphatic rings. The number of hydrogen-bond acceptors (Lipinski definition) is 3. The SMILES string of the molecule is Cc1ccc(O[C@@H](C)C(=O)N2CCN(c3ccccc3C)CC2)cc1. The Morgan fingerprint density at radius 2 is 1.60 bits per heavy atom. The zero-order chi connectivity index (χ0) is 17.8. The Morgan fingerprint density at radius 1 is 0.960 bits per heavy atom. The van der Waals surface area contributed by atoms with Crippen LogP contribution in [-0.2, 0) is 4.79 Å². The van der Waals surface area contributed by atoms with Gasteiger partial charge in [0.1, 0.15) is 5.75 Å². The van der Waals surface area contributed by atoms with E-state index in [2.05, 4.69) is 36.1 Å². The molecule has 0 radical (unpaired) electrons. The number of carbonyl (C=O) groups excluding carboxylic acids is 1. The number of anilines is 1. The van der Waals surface area contributed by atoms with E-state index in [9.17, 15) is 4.79 Å². The molecule has 1 amide bonds. The number of amides is 1. The molecule has 0 saturated carbocycles. The third-order valence-corrected chi connectivity index (χ3v) is 4.73. The second-order valence-corrected chi connectivity index (χ2v) is 6.67. The van der Waals surface area contributed by atoms with Gasteiger partial charge in [-0.3, -0.25) is 4.79 Å². The topological polar surface area (TPSA) is 32.8 Å². The first-order chi connectivity index (χ1) is 12.0. The van der Waals surface area contributed by atoms with Gasteiger partial charge in [0, 0.05) is 31.9 Å². The predicted molar refractivity (Wildman–Crippen MR) is 101 cm³/mol. The maximum atomic E-state index is 12.7. The van der Waals surface area contributed by atoms with Crippen LogP contribution in [0.1, 0.15) is 18.1 Å². The molecule has 0 bridgehead atoms. The molecule has 0 N–H and O–H groups in total. The summed E-state index contributed by atoms with van der Waals surface area (Å²) >= 11 is 0. The van der Waals surface area contributed by atoms with Gasteiger partial charge in [-0.05, 0) is 44.5 Å². The van der Waals surface area contributed by atoms with E-state index in [1.54, 1.807) is 0 Å². The minimum atomic E-state index is -0.465. The van der Waals surface area contributed by atoms with Crippen molar-refractivity contribution in [1.29, 1.82) is 0 Å². The average molecular weight is 338 g/mol. The lowest BCUT2D eigenvalue weighted by Crippen LogP contribution is -2.52. The lowest BCUT2D eigenvalue weighted by Gasteiger charge is -2.37. The highest BCUT2D eigenvalue weighted by molar-refractivity contribution is 5.81. The van der Waals surface area contributed by atoms with Crippen molar-refractivity contribution >= 4 is 11.6 Å². The van der Waals surface area contributed by atoms with Crippen LogP contribution in [0.5, 0.6) is 5.75 Å². The predicted octanol–water partition coefficient (Wildman–Crippen LogP) is 3.42. The molecule has 1 fully saturated rings. The highest BCUT2D eigenvalue weighted by Crippen LogP contribution is 2.21. The fourth-order valence-electron chi connectivity index (χ4n) is 3.21. The van der Waals surface area contributed by atoms with Gasteiger partial charge in [-0.15, -0.1) is 0 Å². The van der Waals surface area contributed by atoms with E-state index in [-0.39, 0.29) is 5.91 Å². The van der Waals surface area contributed by atoms with Crippen molar-refractivity contribution < 1.29 is 9.53 Å². The van der Waals surface area contributed by atoms with Crippen molar-refractivity contribution in [1.82, 2.24) is 4.90 Å². The molecule has 0 unspecified atom stereocenters. The minimum absolute atomic E-state index is 0.0602. The molecule has 1 aliphatic heterocycles. The van der Waals surface area contributed by atoms with Crippen LogP contribution in [0, 0.1) is 13.8 Å². The summed E-state index contributed by atoms with van der Waals surface area (Å²) < 4.78 is 5.81. The van der Waals surface area contributed by atoms with Crippen LogP contribution < -0.4 is 9.64 Å². The first-order valence-corrected chi connectivity index (χ1v) is 8.87. The van der Waals surface area contributed by atoms with Crippen LogP contribution in [0.2, 0.25) is 0 Å². The summed E-state index contributed by atoms with van der Waals surface area (Å²) in [6.07, 6.45) is -0.465. The molecule has 0 aliphatic carbocycles. The van der Waals surface area contributed by atoms with Crippen LogP contribution >= 0.6 is 0 Å². The van der Waals surface area contributed by atoms with Crippen LogP contribution in [0.4, 0.5) is 5.69 Å². The molecular weight excluding hydrogens is 312 g/mol. The summed E-state index contributed by atoms with van der Waals surface area (Å²) in [4.78, 5) is 16.9. The van der Waals surface area contributed by atoms with E-state index < -0.39 is 6.10 Å². The monoisotopic (exact) mass is 338 g/mol. The summed E-state index contributed by atoms with van der Waals surface area (Å²) in [5.74, 6) is 0.801. The number of nitrogens with zero attached hydrogens (tertiary/aromatic N) is 2. The van der Waals surface area contributed by atoms with Crippen molar-refractivity contribution in [2.75, 3.05) is 31.1 Å². The summed E-state index contributed by atoms with van der Waals surface area (Å²) in [6.45, 7) is 9.16. The molecule has 4 heteroatoms. The fourth-order valence-corrected chi connectivity index (χ4v) is 3.21. The number of carbonyl (C=O) groups is 1. The Morgan fingerprint density at radius 3 is 2.24 bits per heavy atom. The van der Waals surface area contributed by atoms with Crippen molar-refractivity contribution in [2.45, 2.75) is 26.9 Å². The van der Waals surface area contributed by atoms with Crippen molar-refractivity contribution in [3.05, 3.63) is 59.7 Å². The lowest BCUT2D eigenvalue weighted by atomic mass is 10.1. The third-order valence-electron chi connectivity index (χ3n) is 4.73. The van der Waals surface area contributed by atoms with Crippen LogP contribution in [0.25, 0.3) is 0 Å². The molecule has 25 heavy (non-hydrogen) atoms. The lowest BCUT2D eigenvalue weighted by molar-refractivity contribution is -0.138. The number of benzene rings is 2. The van der Waals surface area contributed by atoms with Gasteiger partial charge < -0.3 is 14.5 Å². The molecule has 2 aromatic carbocycles. The van der Waals surface area contributed by atoms with E-state index in [0.29, 0.717) is 0 Å². The highest BCUT2D eigenvalue weighted by Gasteiger charge is 2.26. The summed E-state index contributed by atoms with van der Waals surface area (Å²) in [6, 6.07) is 16.2. The van der Waals surface area contributed by atoms with Crippen molar-refractivity contribution in [3.63, 3.8) is 0 Å². The largest absolute Gasteiger partial charge is 0.481 e. The van der Waals surface area contributed by atoms with Gasteiger partial charge in [0.05, 0.1) is 0 Å². The van der Waals surface area contributed by atoms with Crippen molar-refractivity contribution in [3.8, 4) is 5.75 Å². The number of ether oxygens (including phenoxy) is 1. The smallest absolute Gasteiger partial charge is 0.263 e. The van der Waals surface area contributed by atoms with Gasteiger partial charge in [-0.2, -0.15) is 0 Å². The summed E-state index contributed by atoms with van der Waals surface area (Å²) in [7, 11) is 0. The number of aryl methyl sites for hydroxylation is 2. The molecule has 1 heterocycles. The highest BCUT2D eigenvalue weighted by atomic mass is 16.5. The normalized spacial score (nSPS) is 15.8. The zero-order valence-corrected chi connectivity index (χ0v) is 15.2. The molecule has 1 saturated heterocycles. The summed E-state index contributed by atoms with van der Waals surface area (Å²) in [5, 5.41) is 0. The average Bonchev–Trinajstić information content (AvgIpc) is 2.63. The van der Waals surface area contributed by atoms with Crippen LogP contribution in [-0.4, -0.2) is 43.1 Å². The maximum absolute atomic E-state index is 12.7. The molecule has 1 atom stereocenters. The Hall–Kier alpha value is -2.49. The second kappa shape index (κ2) is 7.60. The standard InChI is InChI=1S/C21H26N2O2/c1-16-8-10-19(11-9-16)25-18(3)21(24)23-14-12-22(13-15-23)20-7-5-4-6-17(20)2/h4-11,18H,12-15H2,1-3H3/t18-/m0/s1. The molecule has 2 aromatic rings. The Kier molecular flexibility index (Phi) is 5.27. The van der Waals surface area contributed by atoms with Crippen molar-refractivity contribution in [2.24, 2.45) is 0 Å². The van der Waals surface area contributed by atoms with E-state index in [4.69, 9.17) is 4.74 Å². The third kappa shape index (κ3) is 4.13. The summed E-state index contributed by atoms with van der Waals surface area (Å²) in [5.41, 5.74) is 3.72. The first kappa shape index (κ1) is 17.3. The van der Waals surface area contributed by atoms with Gasteiger partial charge in [0.15, 0.2) is 6.10 Å². The Balaban J connectivity index is 1.56. The van der Waals surface area contributed by atoms with E-state index >= 15 is 0 Å². The molecular formula is C21H26N2O2. The van der Waals surface area contributed by atoms with E-state index in [1.807, 2.05) is 43.0 Å². The number of piperazine rings is 1. The van der Waals surface area contributed by atoms with Gasteiger partial charge in [0.25, 0.3) is 5.91 Å². The van der Waals surface area contributed by atoms with Gasteiger partial charge in [-0.25, -0.2) is 0 Å². The van der Waals surface area contributed by atoms with Gasteiger partial charge >= 0.3 is 0 Å². The second-order valence-electron chi connectivity index (χ2n) is 6.67. The molecule has 4 nitrogen and oxygen atoms in total. The zero-order valence-electron chi connectivity index (χ0n) is 15.2. The fraction of sp³-hybridized carbons (Fsp3) is 0.381. The number of hydrogen-bond donors (Lipinski definition) is 0. The Bertz CT molecular complexity index is 719. The van der Waals surface area contributed by atoms with E-state index in [1.165, 1.54) is 16.8 Å². The van der Waals surface area contributed by atoms with Gasteiger partial charge in [-0.1, -0.05) is 35.9 Å². The first-order valence-electron chi connectivity index (χ1n) is 8.87. The van der Waals surface area contributed by atoms with E-state index in [0.717, 1.165) is 31.9 Å².